The van der Waals surface area contributed by atoms with Crippen molar-refractivity contribution in [1.29, 1.82) is 0 Å². The molecule has 1 heteroatoms. The van der Waals surface area contributed by atoms with Gasteiger partial charge in [-0.2, -0.15) is 0 Å². The van der Waals surface area contributed by atoms with E-state index < -0.39 is 0 Å². The van der Waals surface area contributed by atoms with Crippen molar-refractivity contribution in [2.75, 3.05) is 6.54 Å². The first-order valence-corrected chi connectivity index (χ1v) is 3.52. The standard InChI is InChI=1S/C9H15N/c1-3-5-6-7-9-10-8-4-2/h3-4,7,9-10H,1-2,5-6,8H2/b9-7+. The Hall–Kier alpha value is -0.980. The van der Waals surface area contributed by atoms with Gasteiger partial charge in [-0.3, -0.25) is 0 Å². The lowest BCUT2D eigenvalue weighted by atomic mass is 10.3. The van der Waals surface area contributed by atoms with Gasteiger partial charge >= 0.3 is 0 Å². The van der Waals surface area contributed by atoms with Crippen molar-refractivity contribution in [2.45, 2.75) is 12.8 Å². The molecule has 0 rings (SSSR count). The molecule has 0 unspecified atom stereocenters. The summed E-state index contributed by atoms with van der Waals surface area (Å²) in [6.45, 7) is 8.04. The third-order valence-electron chi connectivity index (χ3n) is 1.04. The second-order valence-electron chi connectivity index (χ2n) is 1.97. The number of rotatable bonds is 6. The lowest BCUT2D eigenvalue weighted by molar-refractivity contribution is 0.959. The maximum atomic E-state index is 3.62. The third-order valence-corrected chi connectivity index (χ3v) is 1.04. The molecule has 0 spiro atoms. The predicted octanol–water partition coefficient (Wildman–Crippen LogP) is 2.24. The zero-order chi connectivity index (χ0) is 7.66. The molecule has 0 aromatic heterocycles. The molecule has 0 aromatic carbocycles. The summed E-state index contributed by atoms with van der Waals surface area (Å²) in [4.78, 5) is 0. The van der Waals surface area contributed by atoms with E-state index in [2.05, 4.69) is 24.6 Å². The molecule has 10 heavy (non-hydrogen) atoms. The second-order valence-corrected chi connectivity index (χ2v) is 1.97. The smallest absolute Gasteiger partial charge is 0.0322 e. The summed E-state index contributed by atoms with van der Waals surface area (Å²) in [7, 11) is 0. The fourth-order valence-electron chi connectivity index (χ4n) is 0.532. The van der Waals surface area contributed by atoms with Gasteiger partial charge < -0.3 is 5.32 Å². The van der Waals surface area contributed by atoms with Gasteiger partial charge in [0.2, 0.25) is 0 Å². The maximum Gasteiger partial charge on any atom is 0.0322 e. The summed E-state index contributed by atoms with van der Waals surface area (Å²) in [5.41, 5.74) is 0. The van der Waals surface area contributed by atoms with E-state index >= 15 is 0 Å². The molecule has 0 aliphatic rings. The van der Waals surface area contributed by atoms with E-state index in [1.54, 1.807) is 0 Å². The van der Waals surface area contributed by atoms with E-state index in [9.17, 15) is 0 Å². The van der Waals surface area contributed by atoms with Crippen LogP contribution in [0, 0.1) is 0 Å². The maximum absolute atomic E-state index is 3.62. The van der Waals surface area contributed by atoms with E-state index in [1.807, 2.05) is 18.4 Å². The van der Waals surface area contributed by atoms with Gasteiger partial charge in [-0.1, -0.05) is 18.2 Å². The fraction of sp³-hybridized carbons (Fsp3) is 0.333. The summed E-state index contributed by atoms with van der Waals surface area (Å²) in [6, 6.07) is 0. The molecule has 1 N–H and O–H groups in total. The molecule has 0 aromatic rings. The lowest BCUT2D eigenvalue weighted by Gasteiger charge is -1.91. The van der Waals surface area contributed by atoms with Crippen molar-refractivity contribution < 1.29 is 0 Å². The lowest BCUT2D eigenvalue weighted by Crippen LogP contribution is -2.02. The van der Waals surface area contributed by atoms with Crippen LogP contribution in [0.1, 0.15) is 12.8 Å². The Labute approximate surface area is 63.1 Å². The summed E-state index contributed by atoms with van der Waals surface area (Å²) in [5, 5.41) is 3.06. The van der Waals surface area contributed by atoms with Crippen LogP contribution in [-0.2, 0) is 0 Å². The molecule has 0 aliphatic carbocycles. The first-order chi connectivity index (χ1) is 4.91. The van der Waals surface area contributed by atoms with E-state index in [4.69, 9.17) is 0 Å². The molecule has 0 atom stereocenters. The highest BCUT2D eigenvalue weighted by Crippen LogP contribution is 1.88. The zero-order valence-electron chi connectivity index (χ0n) is 6.34. The number of nitrogens with one attached hydrogen (secondary N) is 1. The molecule has 0 bridgehead atoms. The summed E-state index contributed by atoms with van der Waals surface area (Å²) in [5.74, 6) is 0. The molecule has 0 saturated heterocycles. The van der Waals surface area contributed by atoms with Crippen molar-refractivity contribution >= 4 is 0 Å². The van der Waals surface area contributed by atoms with Crippen LogP contribution in [0.5, 0.6) is 0 Å². The monoisotopic (exact) mass is 137 g/mol. The summed E-state index contributed by atoms with van der Waals surface area (Å²) in [6.07, 6.45) is 9.89. The van der Waals surface area contributed by atoms with Crippen LogP contribution < -0.4 is 5.32 Å². The van der Waals surface area contributed by atoms with Crippen molar-refractivity contribution in [3.8, 4) is 0 Å². The first-order valence-electron chi connectivity index (χ1n) is 3.52. The van der Waals surface area contributed by atoms with Gasteiger partial charge in [0, 0.05) is 6.54 Å². The number of unbranched alkanes of at least 4 members (excludes halogenated alkanes) is 1. The minimum atomic E-state index is 0.838. The molecular formula is C9H15N. The largest absolute Gasteiger partial charge is 0.388 e. The van der Waals surface area contributed by atoms with Crippen LogP contribution in [0.2, 0.25) is 0 Å². The average molecular weight is 137 g/mol. The zero-order valence-corrected chi connectivity index (χ0v) is 6.34. The van der Waals surface area contributed by atoms with Gasteiger partial charge in [-0.05, 0) is 19.0 Å². The Bertz CT molecular complexity index is 99.9. The van der Waals surface area contributed by atoms with E-state index in [-0.39, 0.29) is 0 Å². The number of hydrogen-bond donors (Lipinski definition) is 1. The highest BCUT2D eigenvalue weighted by Gasteiger charge is 1.72. The van der Waals surface area contributed by atoms with Crippen LogP contribution >= 0.6 is 0 Å². The molecule has 0 fully saturated rings. The van der Waals surface area contributed by atoms with Gasteiger partial charge in [0.15, 0.2) is 0 Å². The minimum absolute atomic E-state index is 0.838. The molecule has 0 radical (unpaired) electrons. The van der Waals surface area contributed by atoms with Crippen molar-refractivity contribution in [1.82, 2.24) is 5.32 Å². The Morgan fingerprint density at radius 1 is 1.10 bits per heavy atom. The molecule has 0 aliphatic heterocycles. The molecule has 1 nitrogen and oxygen atoms in total. The van der Waals surface area contributed by atoms with Gasteiger partial charge in [-0.15, -0.1) is 13.2 Å². The van der Waals surface area contributed by atoms with E-state index in [0.29, 0.717) is 0 Å². The van der Waals surface area contributed by atoms with Gasteiger partial charge in [-0.25, -0.2) is 0 Å². The number of hydrogen-bond acceptors (Lipinski definition) is 1. The van der Waals surface area contributed by atoms with E-state index in [0.717, 1.165) is 19.4 Å². The summed E-state index contributed by atoms with van der Waals surface area (Å²) < 4.78 is 0. The molecular weight excluding hydrogens is 122 g/mol. The molecule has 56 valence electrons. The Balaban J connectivity index is 3.03. The van der Waals surface area contributed by atoms with E-state index in [1.165, 1.54) is 0 Å². The van der Waals surface area contributed by atoms with Crippen molar-refractivity contribution in [3.63, 3.8) is 0 Å². The Morgan fingerprint density at radius 2 is 1.90 bits per heavy atom. The quantitative estimate of drug-likeness (QED) is 0.437. The van der Waals surface area contributed by atoms with Crippen LogP contribution in [0.3, 0.4) is 0 Å². The highest BCUT2D eigenvalue weighted by molar-refractivity contribution is 4.84. The number of allylic oxidation sites excluding steroid dienone is 2. The van der Waals surface area contributed by atoms with Crippen LogP contribution in [-0.4, -0.2) is 6.54 Å². The second kappa shape index (κ2) is 8.02. The normalized spacial score (nSPS) is 9.60. The molecule has 0 heterocycles. The third kappa shape index (κ3) is 7.02. The van der Waals surface area contributed by atoms with Gasteiger partial charge in [0.05, 0.1) is 0 Å². The van der Waals surface area contributed by atoms with Gasteiger partial charge in [0.25, 0.3) is 0 Å². The minimum Gasteiger partial charge on any atom is -0.388 e. The van der Waals surface area contributed by atoms with Crippen LogP contribution in [0.25, 0.3) is 0 Å². The SMILES string of the molecule is C=CCC/C=C/NCC=C. The topological polar surface area (TPSA) is 12.0 Å². The van der Waals surface area contributed by atoms with Crippen LogP contribution in [0.4, 0.5) is 0 Å². The predicted molar refractivity (Wildman–Crippen MR) is 46.8 cm³/mol. The summed E-state index contributed by atoms with van der Waals surface area (Å²) >= 11 is 0. The van der Waals surface area contributed by atoms with Gasteiger partial charge in [0.1, 0.15) is 0 Å². The fourth-order valence-corrected chi connectivity index (χ4v) is 0.532. The van der Waals surface area contributed by atoms with Crippen molar-refractivity contribution in [2.24, 2.45) is 0 Å². The first kappa shape index (κ1) is 9.02. The Kier molecular flexibility index (Phi) is 7.23. The molecule has 0 amide bonds. The van der Waals surface area contributed by atoms with Crippen molar-refractivity contribution in [3.05, 3.63) is 37.6 Å². The Morgan fingerprint density at radius 3 is 2.50 bits per heavy atom. The highest BCUT2D eigenvalue weighted by atomic mass is 14.8. The molecule has 0 saturated carbocycles. The van der Waals surface area contributed by atoms with Crippen LogP contribution in [0.15, 0.2) is 37.6 Å². The average Bonchev–Trinajstić information content (AvgIpc) is 1.97.